The molecule has 0 saturated heterocycles. The highest BCUT2D eigenvalue weighted by Crippen LogP contribution is 2.18. The maximum absolute atomic E-state index is 11.4. The zero-order chi connectivity index (χ0) is 8.48. The van der Waals surface area contributed by atoms with E-state index in [0.29, 0.717) is 5.69 Å². The summed E-state index contributed by atoms with van der Waals surface area (Å²) in [5, 5.41) is 0. The average molecular weight is 153 g/mol. The molecule has 0 spiro atoms. The van der Waals surface area contributed by atoms with E-state index < -0.39 is 0 Å². The lowest BCUT2D eigenvalue weighted by Gasteiger charge is -2.13. The molecule has 0 aromatic carbocycles. The third-order valence-corrected chi connectivity index (χ3v) is 1.35. The van der Waals surface area contributed by atoms with Crippen LogP contribution in [0.5, 0.6) is 0 Å². The zero-order valence-electron chi connectivity index (χ0n) is 6.92. The summed E-state index contributed by atoms with van der Waals surface area (Å²) in [7, 11) is 0. The largest absolute Gasteiger partial charge is 0.451 e. The average Bonchev–Trinajstić information content (AvgIpc) is 2.34. The van der Waals surface area contributed by atoms with Crippen molar-refractivity contribution < 1.29 is 9.21 Å². The first-order valence-corrected chi connectivity index (χ1v) is 3.45. The lowest BCUT2D eigenvalue weighted by Crippen LogP contribution is -2.20. The zero-order valence-corrected chi connectivity index (χ0v) is 6.92. The molecule has 0 radical (unpaired) electrons. The van der Waals surface area contributed by atoms with Crippen molar-refractivity contribution in [2.75, 3.05) is 0 Å². The molecular weight excluding hydrogens is 142 g/mol. The third kappa shape index (κ3) is 1.67. The summed E-state index contributed by atoms with van der Waals surface area (Å²) in [6.07, 6.45) is 2.63. The number of Topliss-reactive ketones (excluding diaryl/α,β-unsaturated/α-hetero) is 1. The number of nitrogens with zero attached hydrogens (tertiary/aromatic N) is 1. The van der Waals surface area contributed by atoms with Crippen molar-refractivity contribution in [2.45, 2.75) is 20.8 Å². The molecule has 3 heteroatoms. The molecule has 0 atom stereocenters. The van der Waals surface area contributed by atoms with Gasteiger partial charge in [0.05, 0.1) is 0 Å². The maximum atomic E-state index is 11.4. The summed E-state index contributed by atoms with van der Waals surface area (Å²) < 4.78 is 4.70. The standard InChI is InChI=1S/C8H11NO2/c1-8(2,3)7(10)6-4-11-5-9-6/h4-5H,1-3H3. The first-order valence-electron chi connectivity index (χ1n) is 3.45. The Kier molecular flexibility index (Phi) is 1.81. The topological polar surface area (TPSA) is 43.1 Å². The fraction of sp³-hybridized carbons (Fsp3) is 0.500. The van der Waals surface area contributed by atoms with Crippen LogP contribution >= 0.6 is 0 Å². The predicted octanol–water partition coefficient (Wildman–Crippen LogP) is 1.90. The van der Waals surface area contributed by atoms with E-state index in [9.17, 15) is 4.79 Å². The van der Waals surface area contributed by atoms with Crippen LogP contribution in [0.25, 0.3) is 0 Å². The van der Waals surface area contributed by atoms with Crippen LogP contribution < -0.4 is 0 Å². The van der Waals surface area contributed by atoms with Gasteiger partial charge in [-0.05, 0) is 0 Å². The number of carbonyl (C=O) groups excluding carboxylic acids is 1. The van der Waals surface area contributed by atoms with Crippen molar-refractivity contribution in [1.82, 2.24) is 4.98 Å². The van der Waals surface area contributed by atoms with Crippen LogP contribution in [0.2, 0.25) is 0 Å². The van der Waals surface area contributed by atoms with E-state index in [1.165, 1.54) is 12.7 Å². The van der Waals surface area contributed by atoms with Gasteiger partial charge in [0.25, 0.3) is 0 Å². The van der Waals surface area contributed by atoms with Crippen molar-refractivity contribution >= 4 is 5.78 Å². The van der Waals surface area contributed by atoms with E-state index in [4.69, 9.17) is 4.42 Å². The molecule has 0 N–H and O–H groups in total. The highest BCUT2D eigenvalue weighted by Gasteiger charge is 2.24. The second kappa shape index (κ2) is 2.49. The summed E-state index contributed by atoms with van der Waals surface area (Å²) >= 11 is 0. The van der Waals surface area contributed by atoms with E-state index in [1.54, 1.807) is 0 Å². The number of ketones is 1. The van der Waals surface area contributed by atoms with Crippen molar-refractivity contribution in [1.29, 1.82) is 0 Å². The van der Waals surface area contributed by atoms with Gasteiger partial charge in [-0.2, -0.15) is 0 Å². The van der Waals surface area contributed by atoms with E-state index in [1.807, 2.05) is 20.8 Å². The molecule has 1 aromatic heterocycles. The maximum Gasteiger partial charge on any atom is 0.189 e. The predicted molar refractivity (Wildman–Crippen MR) is 40.3 cm³/mol. The molecule has 0 aliphatic heterocycles. The Morgan fingerprint density at radius 3 is 2.55 bits per heavy atom. The highest BCUT2D eigenvalue weighted by atomic mass is 16.3. The van der Waals surface area contributed by atoms with Gasteiger partial charge in [0.1, 0.15) is 12.0 Å². The highest BCUT2D eigenvalue weighted by molar-refractivity contribution is 5.97. The molecule has 1 heterocycles. The molecule has 0 aliphatic rings. The van der Waals surface area contributed by atoms with Crippen LogP contribution in [0.3, 0.4) is 0 Å². The van der Waals surface area contributed by atoms with Gasteiger partial charge in [-0.25, -0.2) is 4.98 Å². The summed E-state index contributed by atoms with van der Waals surface area (Å²) in [5.41, 5.74) is 0.0224. The molecule has 11 heavy (non-hydrogen) atoms. The summed E-state index contributed by atoms with van der Waals surface area (Å²) in [4.78, 5) is 15.2. The van der Waals surface area contributed by atoms with Crippen LogP contribution in [-0.4, -0.2) is 10.8 Å². The van der Waals surface area contributed by atoms with E-state index >= 15 is 0 Å². The number of rotatable bonds is 1. The first-order chi connectivity index (χ1) is 5.02. The van der Waals surface area contributed by atoms with Gasteiger partial charge >= 0.3 is 0 Å². The second-order valence-electron chi connectivity index (χ2n) is 3.45. The van der Waals surface area contributed by atoms with Crippen LogP contribution in [0, 0.1) is 5.41 Å². The molecule has 0 saturated carbocycles. The SMILES string of the molecule is CC(C)(C)C(=O)c1cocn1. The van der Waals surface area contributed by atoms with Crippen molar-refractivity contribution in [3.05, 3.63) is 18.4 Å². The van der Waals surface area contributed by atoms with Gasteiger partial charge in [0.2, 0.25) is 0 Å². The van der Waals surface area contributed by atoms with Crippen LogP contribution in [0.15, 0.2) is 17.1 Å². The van der Waals surface area contributed by atoms with E-state index in [2.05, 4.69) is 4.98 Å². The van der Waals surface area contributed by atoms with Crippen molar-refractivity contribution in [3.8, 4) is 0 Å². The fourth-order valence-corrected chi connectivity index (χ4v) is 0.709. The molecule has 60 valence electrons. The smallest absolute Gasteiger partial charge is 0.189 e. The molecule has 0 aliphatic carbocycles. The van der Waals surface area contributed by atoms with Crippen molar-refractivity contribution in [3.63, 3.8) is 0 Å². The van der Waals surface area contributed by atoms with Gasteiger partial charge in [0, 0.05) is 5.41 Å². The molecule has 0 unspecified atom stereocenters. The van der Waals surface area contributed by atoms with Crippen LogP contribution in [0.1, 0.15) is 31.3 Å². The third-order valence-electron chi connectivity index (χ3n) is 1.35. The van der Waals surface area contributed by atoms with Gasteiger partial charge in [0.15, 0.2) is 12.2 Å². The minimum Gasteiger partial charge on any atom is -0.451 e. The van der Waals surface area contributed by atoms with Crippen LogP contribution in [-0.2, 0) is 0 Å². The Hall–Kier alpha value is -1.12. The monoisotopic (exact) mass is 153 g/mol. The number of hydrogen-bond acceptors (Lipinski definition) is 3. The van der Waals surface area contributed by atoms with Gasteiger partial charge in [-0.3, -0.25) is 4.79 Å². The Labute approximate surface area is 65.4 Å². The van der Waals surface area contributed by atoms with Crippen molar-refractivity contribution in [2.24, 2.45) is 5.41 Å². The molecule has 1 aromatic rings. The Bertz CT molecular complexity index is 244. The number of hydrogen-bond donors (Lipinski definition) is 0. The lowest BCUT2D eigenvalue weighted by atomic mass is 9.89. The molecule has 0 amide bonds. The van der Waals surface area contributed by atoms with E-state index in [0.717, 1.165) is 0 Å². The first kappa shape index (κ1) is 7.98. The summed E-state index contributed by atoms with van der Waals surface area (Å²) in [6.45, 7) is 5.55. The Morgan fingerprint density at radius 2 is 2.18 bits per heavy atom. The number of aromatic nitrogens is 1. The summed E-state index contributed by atoms with van der Waals surface area (Å²) in [6, 6.07) is 0. The van der Waals surface area contributed by atoms with Crippen LogP contribution in [0.4, 0.5) is 0 Å². The van der Waals surface area contributed by atoms with Gasteiger partial charge in [-0.1, -0.05) is 20.8 Å². The normalized spacial score (nSPS) is 11.5. The summed E-state index contributed by atoms with van der Waals surface area (Å²) in [5.74, 6) is 0.00579. The molecule has 3 nitrogen and oxygen atoms in total. The van der Waals surface area contributed by atoms with Gasteiger partial charge < -0.3 is 4.42 Å². The lowest BCUT2D eigenvalue weighted by molar-refractivity contribution is 0.0853. The number of carbonyl (C=O) groups is 1. The fourth-order valence-electron chi connectivity index (χ4n) is 0.709. The second-order valence-corrected chi connectivity index (χ2v) is 3.45. The molecule has 0 fully saturated rings. The molecule has 1 rings (SSSR count). The quantitative estimate of drug-likeness (QED) is 0.579. The van der Waals surface area contributed by atoms with Gasteiger partial charge in [-0.15, -0.1) is 0 Å². The Morgan fingerprint density at radius 1 is 1.55 bits per heavy atom. The van der Waals surface area contributed by atoms with E-state index in [-0.39, 0.29) is 11.2 Å². The minimum absolute atomic E-state index is 0.00579. The minimum atomic E-state index is -0.378. The molecule has 0 bridgehead atoms. The Balaban J connectivity index is 2.88. The number of oxazole rings is 1. The molecular formula is C8H11NO2.